The molecule has 4 nitrogen and oxygen atoms in total. The topological polar surface area (TPSA) is 66.4 Å². The summed E-state index contributed by atoms with van der Waals surface area (Å²) in [6, 6.07) is 6.83. The fraction of sp³-hybridized carbons (Fsp3) is 0.231. The minimum Gasteiger partial charge on any atom is -0.392 e. The fourth-order valence-corrected chi connectivity index (χ4v) is 4.14. The van der Waals surface area contributed by atoms with Crippen molar-refractivity contribution in [2.45, 2.75) is 17.9 Å². The molecule has 1 heterocycles. The van der Waals surface area contributed by atoms with Crippen molar-refractivity contribution in [2.75, 3.05) is 6.54 Å². The van der Waals surface area contributed by atoms with E-state index < -0.39 is 22.4 Å². The molecule has 2 N–H and O–H groups in total. The molecule has 0 aliphatic carbocycles. The molecule has 114 valence electrons. The first-order chi connectivity index (χ1) is 9.92. The van der Waals surface area contributed by atoms with Crippen LogP contribution < -0.4 is 4.72 Å². The number of nitrogens with one attached hydrogen (secondary N) is 1. The van der Waals surface area contributed by atoms with Crippen molar-refractivity contribution < 1.29 is 17.9 Å². The summed E-state index contributed by atoms with van der Waals surface area (Å²) in [4.78, 5) is 0.707. The summed E-state index contributed by atoms with van der Waals surface area (Å²) in [5.74, 6) is -0.669. The Balaban J connectivity index is 2.09. The Hall–Kier alpha value is -0.990. The van der Waals surface area contributed by atoms with Crippen LogP contribution in [0.15, 0.2) is 35.2 Å². The number of halogens is 2. The molecule has 0 saturated heterocycles. The Morgan fingerprint density at radius 3 is 2.67 bits per heavy atom. The molecule has 0 aliphatic rings. The summed E-state index contributed by atoms with van der Waals surface area (Å²) >= 11 is 7.17. The van der Waals surface area contributed by atoms with Crippen LogP contribution in [0, 0.1) is 5.82 Å². The molecule has 21 heavy (non-hydrogen) atoms. The van der Waals surface area contributed by atoms with Crippen LogP contribution in [0.5, 0.6) is 0 Å². The number of hydrogen-bond acceptors (Lipinski definition) is 4. The molecular formula is C13H13ClFNO3S2. The van der Waals surface area contributed by atoms with Gasteiger partial charge in [-0.1, -0.05) is 17.7 Å². The van der Waals surface area contributed by atoms with Crippen LogP contribution in [0.25, 0.3) is 0 Å². The third-order valence-corrected chi connectivity index (χ3v) is 5.62. The van der Waals surface area contributed by atoms with Gasteiger partial charge < -0.3 is 5.11 Å². The Morgan fingerprint density at radius 1 is 1.29 bits per heavy atom. The second-order valence-electron chi connectivity index (χ2n) is 4.26. The van der Waals surface area contributed by atoms with Gasteiger partial charge in [-0.05, 0) is 36.2 Å². The predicted molar refractivity (Wildman–Crippen MR) is 80.5 cm³/mol. The van der Waals surface area contributed by atoms with Crippen LogP contribution in [0.3, 0.4) is 0 Å². The maximum absolute atomic E-state index is 13.2. The smallest absolute Gasteiger partial charge is 0.241 e. The van der Waals surface area contributed by atoms with E-state index in [1.165, 1.54) is 17.4 Å². The van der Waals surface area contributed by atoms with E-state index >= 15 is 0 Å². The lowest BCUT2D eigenvalue weighted by Gasteiger charge is -2.10. The molecule has 0 atom stereocenters. The molecule has 8 heteroatoms. The summed E-state index contributed by atoms with van der Waals surface area (Å²) in [7, 11) is -3.87. The average molecular weight is 350 g/mol. The molecule has 1 aromatic heterocycles. The second kappa shape index (κ2) is 6.85. The van der Waals surface area contributed by atoms with Gasteiger partial charge in [0.15, 0.2) is 0 Å². The van der Waals surface area contributed by atoms with Crippen molar-refractivity contribution in [3.8, 4) is 0 Å². The largest absolute Gasteiger partial charge is 0.392 e. The highest BCUT2D eigenvalue weighted by Crippen LogP contribution is 2.22. The zero-order chi connectivity index (χ0) is 15.5. The van der Waals surface area contributed by atoms with Gasteiger partial charge >= 0.3 is 0 Å². The maximum atomic E-state index is 13.2. The molecular weight excluding hydrogens is 337 g/mol. The Labute approximate surface area is 131 Å². The number of benzene rings is 1. The van der Waals surface area contributed by atoms with E-state index in [-0.39, 0.29) is 17.0 Å². The van der Waals surface area contributed by atoms with E-state index in [9.17, 15) is 12.8 Å². The summed E-state index contributed by atoms with van der Waals surface area (Å²) in [5, 5.41) is 9.15. The maximum Gasteiger partial charge on any atom is 0.241 e. The quantitative estimate of drug-likeness (QED) is 0.842. The molecule has 0 fully saturated rings. The first kappa shape index (κ1) is 16.4. The van der Waals surface area contributed by atoms with E-state index in [1.54, 1.807) is 6.07 Å². The van der Waals surface area contributed by atoms with Gasteiger partial charge in [-0.15, -0.1) is 11.3 Å². The standard InChI is InChI=1S/C13H13ClFNO3S2/c14-13-4-3-11(20-13)5-6-16-21(18,19)12-7-10(15)2-1-9(12)8-17/h1-4,7,16-17H,5-6,8H2. The molecule has 0 unspecified atom stereocenters. The van der Waals surface area contributed by atoms with Crippen LogP contribution in [-0.4, -0.2) is 20.1 Å². The van der Waals surface area contributed by atoms with E-state index in [2.05, 4.69) is 4.72 Å². The van der Waals surface area contributed by atoms with Gasteiger partial charge in [0.05, 0.1) is 15.8 Å². The molecule has 0 bridgehead atoms. The van der Waals surface area contributed by atoms with Crippen molar-refractivity contribution in [2.24, 2.45) is 0 Å². The van der Waals surface area contributed by atoms with Crippen molar-refractivity contribution in [3.05, 3.63) is 50.9 Å². The van der Waals surface area contributed by atoms with Crippen molar-refractivity contribution in [1.82, 2.24) is 4.72 Å². The van der Waals surface area contributed by atoms with Gasteiger partial charge in [-0.25, -0.2) is 17.5 Å². The second-order valence-corrected chi connectivity index (χ2v) is 7.80. The number of thiophene rings is 1. The summed E-state index contributed by atoms with van der Waals surface area (Å²) in [5.41, 5.74) is 0.156. The van der Waals surface area contributed by atoms with Crippen molar-refractivity contribution in [3.63, 3.8) is 0 Å². The van der Waals surface area contributed by atoms with Gasteiger partial charge in [-0.3, -0.25) is 0 Å². The third kappa shape index (κ3) is 4.24. The first-order valence-corrected chi connectivity index (χ1v) is 8.73. The summed E-state index contributed by atoms with van der Waals surface area (Å²) < 4.78 is 40.5. The first-order valence-electron chi connectivity index (χ1n) is 6.05. The summed E-state index contributed by atoms with van der Waals surface area (Å²) in [6.45, 7) is -0.308. The van der Waals surface area contributed by atoms with E-state index in [0.29, 0.717) is 10.8 Å². The molecule has 2 rings (SSSR count). The van der Waals surface area contributed by atoms with Gasteiger partial charge in [0.2, 0.25) is 10.0 Å². The zero-order valence-corrected chi connectivity index (χ0v) is 13.2. The van der Waals surface area contributed by atoms with Gasteiger partial charge in [-0.2, -0.15) is 0 Å². The van der Waals surface area contributed by atoms with Crippen LogP contribution in [0.1, 0.15) is 10.4 Å². The van der Waals surface area contributed by atoms with Crippen molar-refractivity contribution in [1.29, 1.82) is 0 Å². The van der Waals surface area contributed by atoms with E-state index in [4.69, 9.17) is 16.7 Å². The molecule has 0 aliphatic heterocycles. The molecule has 0 amide bonds. The lowest BCUT2D eigenvalue weighted by Crippen LogP contribution is -2.27. The highest BCUT2D eigenvalue weighted by atomic mass is 35.5. The molecule has 2 aromatic rings. The normalized spacial score (nSPS) is 11.8. The number of aliphatic hydroxyl groups is 1. The van der Waals surface area contributed by atoms with Gasteiger partial charge in [0.25, 0.3) is 0 Å². The fourth-order valence-electron chi connectivity index (χ4n) is 1.78. The SMILES string of the molecule is O=S(=O)(NCCc1ccc(Cl)s1)c1cc(F)ccc1CO. The average Bonchev–Trinajstić information content (AvgIpc) is 2.84. The van der Waals surface area contributed by atoms with Gasteiger partial charge in [0.1, 0.15) is 5.82 Å². The van der Waals surface area contributed by atoms with Crippen LogP contribution in [0.4, 0.5) is 4.39 Å². The number of sulfonamides is 1. The Bertz CT molecular complexity index is 731. The van der Waals surface area contributed by atoms with Gasteiger partial charge in [0, 0.05) is 11.4 Å². The highest BCUT2D eigenvalue weighted by molar-refractivity contribution is 7.89. The van der Waals surface area contributed by atoms with Crippen molar-refractivity contribution >= 4 is 33.0 Å². The van der Waals surface area contributed by atoms with E-state index in [1.807, 2.05) is 6.07 Å². The molecule has 0 spiro atoms. The minimum atomic E-state index is -3.87. The zero-order valence-electron chi connectivity index (χ0n) is 10.8. The minimum absolute atomic E-state index is 0.156. The Kier molecular flexibility index (Phi) is 5.34. The number of hydrogen-bond donors (Lipinski definition) is 2. The molecule has 0 radical (unpaired) electrons. The van der Waals surface area contributed by atoms with Crippen LogP contribution >= 0.6 is 22.9 Å². The monoisotopic (exact) mass is 349 g/mol. The van der Waals surface area contributed by atoms with E-state index in [0.717, 1.165) is 17.0 Å². The molecule has 0 saturated carbocycles. The van der Waals surface area contributed by atoms with Crippen LogP contribution in [0.2, 0.25) is 4.34 Å². The lowest BCUT2D eigenvalue weighted by molar-refractivity contribution is 0.278. The summed E-state index contributed by atoms with van der Waals surface area (Å²) in [6.07, 6.45) is 0.486. The number of aliphatic hydroxyl groups excluding tert-OH is 1. The van der Waals surface area contributed by atoms with Crippen LogP contribution in [-0.2, 0) is 23.1 Å². The lowest BCUT2D eigenvalue weighted by atomic mass is 10.2. The third-order valence-electron chi connectivity index (χ3n) is 2.78. The predicted octanol–water partition coefficient (Wildman–Crippen LogP) is 2.55. The highest BCUT2D eigenvalue weighted by Gasteiger charge is 2.18. The Morgan fingerprint density at radius 2 is 2.05 bits per heavy atom. The molecule has 1 aromatic carbocycles. The number of rotatable bonds is 6.